The van der Waals surface area contributed by atoms with E-state index in [1.54, 1.807) is 13.2 Å². The molecule has 0 atom stereocenters. The summed E-state index contributed by atoms with van der Waals surface area (Å²) in [7, 11) is 1.68. The van der Waals surface area contributed by atoms with Gasteiger partial charge in [0.25, 0.3) is 0 Å². The molecule has 0 amide bonds. The molecule has 0 aliphatic carbocycles. The lowest BCUT2D eigenvalue weighted by Crippen LogP contribution is -1.95. The van der Waals surface area contributed by atoms with Gasteiger partial charge in [-0.25, -0.2) is 0 Å². The van der Waals surface area contributed by atoms with Crippen molar-refractivity contribution < 1.29 is 9.84 Å². The van der Waals surface area contributed by atoms with Gasteiger partial charge in [-0.05, 0) is 46.2 Å². The predicted octanol–water partition coefficient (Wildman–Crippen LogP) is 8.00. The lowest BCUT2D eigenvalue weighted by atomic mass is 9.88. The van der Waals surface area contributed by atoms with Crippen molar-refractivity contribution in [3.8, 4) is 33.8 Å². The Balaban J connectivity index is 1.98. The zero-order valence-electron chi connectivity index (χ0n) is 17.3. The molecule has 31 heavy (non-hydrogen) atoms. The molecule has 5 aromatic carbocycles. The van der Waals surface area contributed by atoms with Gasteiger partial charge in [0.2, 0.25) is 0 Å². The van der Waals surface area contributed by atoms with Crippen LogP contribution in [0, 0.1) is 6.92 Å². The van der Waals surface area contributed by atoms with Crippen molar-refractivity contribution in [1.29, 1.82) is 0 Å². The predicted molar refractivity (Wildman–Crippen MR) is 130 cm³/mol. The highest BCUT2D eigenvalue weighted by Crippen LogP contribution is 2.50. The summed E-state index contributed by atoms with van der Waals surface area (Å²) in [6.45, 7) is 2.07. The Morgan fingerprint density at radius 1 is 0.742 bits per heavy atom. The monoisotopic (exact) mass is 424 g/mol. The van der Waals surface area contributed by atoms with E-state index in [1.165, 1.54) is 5.56 Å². The number of methoxy groups -OCH3 is 1. The number of rotatable bonds is 3. The zero-order valence-corrected chi connectivity index (χ0v) is 18.1. The summed E-state index contributed by atoms with van der Waals surface area (Å²) in [5.74, 6) is 0.773. The molecular weight excluding hydrogens is 404 g/mol. The summed E-state index contributed by atoms with van der Waals surface area (Å²) < 4.78 is 6.01. The van der Waals surface area contributed by atoms with Crippen LogP contribution in [0.5, 0.6) is 11.5 Å². The quantitative estimate of drug-likeness (QED) is 0.318. The fraction of sp³-hybridized carbons (Fsp3) is 0.0714. The minimum Gasteiger partial charge on any atom is -0.506 e. The van der Waals surface area contributed by atoms with Crippen LogP contribution in [0.1, 0.15) is 5.56 Å². The lowest BCUT2D eigenvalue weighted by Gasteiger charge is -2.20. The molecule has 0 bridgehead atoms. The second-order valence-corrected chi connectivity index (χ2v) is 8.13. The Morgan fingerprint density at radius 3 is 1.97 bits per heavy atom. The van der Waals surface area contributed by atoms with Crippen LogP contribution in [0.3, 0.4) is 0 Å². The lowest BCUT2D eigenvalue weighted by molar-refractivity contribution is 0.418. The average Bonchev–Trinajstić information content (AvgIpc) is 2.79. The molecule has 0 unspecified atom stereocenters. The summed E-state index contributed by atoms with van der Waals surface area (Å²) in [4.78, 5) is 0. The van der Waals surface area contributed by atoms with E-state index in [2.05, 4.69) is 49.4 Å². The maximum Gasteiger partial charge on any atom is 0.142 e. The maximum absolute atomic E-state index is 11.1. The molecule has 0 aromatic heterocycles. The molecule has 0 aliphatic heterocycles. The number of phenols is 1. The highest BCUT2D eigenvalue weighted by Gasteiger charge is 2.22. The third kappa shape index (κ3) is 3.20. The summed E-state index contributed by atoms with van der Waals surface area (Å²) in [6.07, 6.45) is 0. The number of aryl methyl sites for hydroxylation is 1. The van der Waals surface area contributed by atoms with Crippen LogP contribution in [-0.2, 0) is 0 Å². The van der Waals surface area contributed by atoms with E-state index >= 15 is 0 Å². The van der Waals surface area contributed by atoms with E-state index in [-0.39, 0.29) is 5.75 Å². The van der Waals surface area contributed by atoms with Gasteiger partial charge in [0.1, 0.15) is 11.5 Å². The topological polar surface area (TPSA) is 29.5 Å². The molecule has 0 fully saturated rings. The molecule has 0 heterocycles. The van der Waals surface area contributed by atoms with Crippen molar-refractivity contribution in [3.63, 3.8) is 0 Å². The highest BCUT2D eigenvalue weighted by atomic mass is 35.5. The number of halogens is 1. The van der Waals surface area contributed by atoms with E-state index in [1.807, 2.05) is 36.4 Å². The van der Waals surface area contributed by atoms with E-state index < -0.39 is 0 Å². The zero-order chi connectivity index (χ0) is 21.5. The fourth-order valence-corrected chi connectivity index (χ4v) is 4.50. The maximum atomic E-state index is 11.1. The number of phenolic OH excluding ortho intramolecular Hbond substituents is 1. The molecule has 5 rings (SSSR count). The Morgan fingerprint density at radius 2 is 1.32 bits per heavy atom. The van der Waals surface area contributed by atoms with Crippen molar-refractivity contribution >= 4 is 33.1 Å². The van der Waals surface area contributed by atoms with Gasteiger partial charge in [-0.1, -0.05) is 90.0 Å². The first kappa shape index (κ1) is 19.5. The van der Waals surface area contributed by atoms with E-state index in [9.17, 15) is 5.11 Å². The average molecular weight is 425 g/mol. The molecule has 5 aromatic rings. The third-order valence-corrected chi connectivity index (χ3v) is 6.08. The van der Waals surface area contributed by atoms with Gasteiger partial charge in [-0.3, -0.25) is 0 Å². The first-order chi connectivity index (χ1) is 15.1. The van der Waals surface area contributed by atoms with Crippen LogP contribution >= 0.6 is 11.6 Å². The molecule has 0 spiro atoms. The van der Waals surface area contributed by atoms with Gasteiger partial charge in [-0.15, -0.1) is 0 Å². The second kappa shape index (κ2) is 7.64. The van der Waals surface area contributed by atoms with Crippen LogP contribution in [-0.4, -0.2) is 12.2 Å². The summed E-state index contributed by atoms with van der Waals surface area (Å²) in [5, 5.41) is 15.4. The molecule has 3 heteroatoms. The first-order valence-electron chi connectivity index (χ1n) is 10.2. The van der Waals surface area contributed by atoms with E-state index in [4.69, 9.17) is 16.3 Å². The molecule has 2 nitrogen and oxygen atoms in total. The Bertz CT molecular complexity index is 1440. The van der Waals surface area contributed by atoms with Crippen LogP contribution < -0.4 is 4.74 Å². The summed E-state index contributed by atoms with van der Waals surface area (Å²) in [6, 6.07) is 28.4. The second-order valence-electron chi connectivity index (χ2n) is 7.72. The van der Waals surface area contributed by atoms with Gasteiger partial charge >= 0.3 is 0 Å². The molecule has 1 N–H and O–H groups in total. The fourth-order valence-electron chi connectivity index (χ4n) is 4.29. The minimum absolute atomic E-state index is 0.0601. The third-order valence-electron chi connectivity index (χ3n) is 5.79. The number of hydrogen-bond donors (Lipinski definition) is 1. The van der Waals surface area contributed by atoms with E-state index in [0.717, 1.165) is 38.2 Å². The van der Waals surface area contributed by atoms with Gasteiger partial charge in [0.05, 0.1) is 12.1 Å². The van der Waals surface area contributed by atoms with Crippen LogP contribution in [0.15, 0.2) is 84.9 Å². The number of benzene rings is 5. The normalized spacial score (nSPS) is 11.2. The van der Waals surface area contributed by atoms with Crippen LogP contribution in [0.25, 0.3) is 43.8 Å². The first-order valence-corrected chi connectivity index (χ1v) is 10.5. The standard InChI is InChI=1S/C28H21ClO2/c1-17-11-13-18(14-12-17)23-15-19-7-3-6-10-22(19)26(28(23)31-2)25-21-9-5-4-8-20(21)16-24(29)27(25)30/h3-16,30H,1-2H3. The molecule has 152 valence electrons. The smallest absolute Gasteiger partial charge is 0.142 e. The van der Waals surface area contributed by atoms with Gasteiger partial charge < -0.3 is 9.84 Å². The highest BCUT2D eigenvalue weighted by molar-refractivity contribution is 6.34. The van der Waals surface area contributed by atoms with Crippen molar-refractivity contribution in [2.24, 2.45) is 0 Å². The van der Waals surface area contributed by atoms with Crippen LogP contribution in [0.4, 0.5) is 0 Å². The van der Waals surface area contributed by atoms with Crippen molar-refractivity contribution in [3.05, 3.63) is 95.5 Å². The van der Waals surface area contributed by atoms with Crippen molar-refractivity contribution in [2.45, 2.75) is 6.92 Å². The molecule has 0 radical (unpaired) electrons. The minimum atomic E-state index is 0.0601. The molecule has 0 saturated heterocycles. The Kier molecular flexibility index (Phi) is 4.80. The van der Waals surface area contributed by atoms with E-state index in [0.29, 0.717) is 16.3 Å². The largest absolute Gasteiger partial charge is 0.506 e. The van der Waals surface area contributed by atoms with Crippen molar-refractivity contribution in [2.75, 3.05) is 7.11 Å². The molecule has 0 saturated carbocycles. The van der Waals surface area contributed by atoms with Gasteiger partial charge in [0.15, 0.2) is 0 Å². The summed E-state index contributed by atoms with van der Waals surface area (Å²) in [5.41, 5.74) is 4.75. The number of aromatic hydroxyl groups is 1. The Labute approximate surface area is 186 Å². The number of hydrogen-bond acceptors (Lipinski definition) is 2. The van der Waals surface area contributed by atoms with Gasteiger partial charge in [-0.2, -0.15) is 0 Å². The number of ether oxygens (including phenoxy) is 1. The molecular formula is C28H21ClO2. The Hall–Kier alpha value is -3.49. The van der Waals surface area contributed by atoms with Gasteiger partial charge in [0, 0.05) is 16.7 Å². The molecule has 0 aliphatic rings. The van der Waals surface area contributed by atoms with Crippen molar-refractivity contribution in [1.82, 2.24) is 0 Å². The van der Waals surface area contributed by atoms with Crippen LogP contribution in [0.2, 0.25) is 5.02 Å². The SMILES string of the molecule is COc1c(-c2ccc(C)cc2)cc2ccccc2c1-c1c(O)c(Cl)cc2ccccc12. The number of fused-ring (bicyclic) bond motifs is 2. The summed E-state index contributed by atoms with van der Waals surface area (Å²) >= 11 is 6.47.